The summed E-state index contributed by atoms with van der Waals surface area (Å²) in [6.45, 7) is 1.04. The highest BCUT2D eigenvalue weighted by atomic mass is 35.5. The number of carbonyl (C=O) groups is 2. The Bertz CT molecular complexity index is 831. The van der Waals surface area contributed by atoms with Crippen LogP contribution in [0.1, 0.15) is 21.5 Å². The molecule has 0 radical (unpaired) electrons. The normalized spacial score (nSPS) is 10.4. The first-order chi connectivity index (χ1) is 11.8. The van der Waals surface area contributed by atoms with E-state index in [1.54, 1.807) is 25.1 Å². The highest BCUT2D eigenvalue weighted by molar-refractivity contribution is 6.36. The van der Waals surface area contributed by atoms with Crippen LogP contribution in [0.4, 0.5) is 5.69 Å². The summed E-state index contributed by atoms with van der Waals surface area (Å²) in [4.78, 5) is 34.3. The Morgan fingerprint density at radius 1 is 1.16 bits per heavy atom. The average Bonchev–Trinajstić information content (AvgIpc) is 2.56. The molecule has 8 heteroatoms. The number of carbonyl (C=O) groups excluding carboxylic acids is 2. The number of nitrogens with zero attached hydrogens (tertiary/aromatic N) is 1. The zero-order valence-electron chi connectivity index (χ0n) is 13.1. The van der Waals surface area contributed by atoms with Gasteiger partial charge in [-0.15, -0.1) is 0 Å². The van der Waals surface area contributed by atoms with Gasteiger partial charge in [-0.2, -0.15) is 0 Å². The van der Waals surface area contributed by atoms with Gasteiger partial charge in [-0.1, -0.05) is 41.4 Å². The molecule has 0 bridgehead atoms. The van der Waals surface area contributed by atoms with E-state index >= 15 is 0 Å². The van der Waals surface area contributed by atoms with Crippen molar-refractivity contribution in [3.05, 3.63) is 73.2 Å². The first-order valence-electron chi connectivity index (χ1n) is 7.16. The summed E-state index contributed by atoms with van der Waals surface area (Å²) in [5, 5.41) is 11.6. The van der Waals surface area contributed by atoms with E-state index in [2.05, 4.69) is 0 Å². The molecule has 0 spiro atoms. The highest BCUT2D eigenvalue weighted by Gasteiger charge is 2.17. The summed E-state index contributed by atoms with van der Waals surface area (Å²) >= 11 is 11.9. The average molecular weight is 382 g/mol. The lowest BCUT2D eigenvalue weighted by atomic mass is 10.1. The molecule has 0 amide bonds. The van der Waals surface area contributed by atoms with Crippen LogP contribution >= 0.6 is 23.2 Å². The molecule has 6 nitrogen and oxygen atoms in total. The summed E-state index contributed by atoms with van der Waals surface area (Å²) in [6.07, 6.45) is -0.181. The van der Waals surface area contributed by atoms with Crippen molar-refractivity contribution in [3.8, 4) is 0 Å². The maximum atomic E-state index is 12.1. The highest BCUT2D eigenvalue weighted by Crippen LogP contribution is 2.25. The van der Waals surface area contributed by atoms with Gasteiger partial charge in [-0.25, -0.2) is 0 Å². The number of aryl methyl sites for hydroxylation is 1. The van der Waals surface area contributed by atoms with Crippen LogP contribution in [0.5, 0.6) is 0 Å². The van der Waals surface area contributed by atoms with E-state index in [-0.39, 0.29) is 17.7 Å². The van der Waals surface area contributed by atoms with Gasteiger partial charge in [0.25, 0.3) is 5.69 Å². The molecule has 0 aliphatic rings. The third-order valence-corrected chi connectivity index (χ3v) is 4.18. The Labute approximate surface area is 153 Å². The van der Waals surface area contributed by atoms with Crippen LogP contribution in [-0.2, 0) is 16.0 Å². The van der Waals surface area contributed by atoms with Gasteiger partial charge in [-0.05, 0) is 19.1 Å². The van der Waals surface area contributed by atoms with E-state index in [1.165, 1.54) is 12.1 Å². The zero-order chi connectivity index (χ0) is 18.6. The fraction of sp³-hybridized carbons (Fsp3) is 0.176. The predicted molar refractivity (Wildman–Crippen MR) is 93.3 cm³/mol. The first-order valence-corrected chi connectivity index (χ1v) is 7.92. The van der Waals surface area contributed by atoms with Gasteiger partial charge in [0.05, 0.1) is 11.3 Å². The van der Waals surface area contributed by atoms with Crippen LogP contribution in [-0.4, -0.2) is 23.3 Å². The number of Topliss-reactive ketones (excluding diaryl/α,β-unsaturated/α-hetero) is 1. The van der Waals surface area contributed by atoms with E-state index in [9.17, 15) is 19.7 Å². The number of ether oxygens (including phenoxy) is 1. The summed E-state index contributed by atoms with van der Waals surface area (Å²) < 4.78 is 4.93. The standard InChI is InChI=1S/C17H13Cl2NO5/c1-10-5-6-11(7-15(10)20(23)24)16(21)9-25-17(22)8-12-13(18)3-2-4-14(12)19/h2-7H,8-9H2,1H3. The fourth-order valence-corrected chi connectivity index (χ4v) is 2.64. The molecular formula is C17H13Cl2NO5. The number of nitro benzene ring substituents is 1. The largest absolute Gasteiger partial charge is 0.457 e. The number of nitro groups is 1. The Morgan fingerprint density at radius 3 is 2.40 bits per heavy atom. The van der Waals surface area contributed by atoms with Crippen molar-refractivity contribution in [2.75, 3.05) is 6.61 Å². The Balaban J connectivity index is 2.01. The molecule has 0 atom stereocenters. The molecule has 0 N–H and O–H groups in total. The lowest BCUT2D eigenvalue weighted by molar-refractivity contribution is -0.385. The molecule has 2 aromatic rings. The lowest BCUT2D eigenvalue weighted by Crippen LogP contribution is -2.16. The Kier molecular flexibility index (Phi) is 6.12. The second kappa shape index (κ2) is 8.09. The van der Waals surface area contributed by atoms with Crippen molar-refractivity contribution in [2.45, 2.75) is 13.3 Å². The van der Waals surface area contributed by atoms with Gasteiger partial charge in [0.1, 0.15) is 0 Å². The maximum absolute atomic E-state index is 12.1. The topological polar surface area (TPSA) is 86.5 Å². The number of halogens is 2. The maximum Gasteiger partial charge on any atom is 0.310 e. The molecule has 2 aromatic carbocycles. The van der Waals surface area contributed by atoms with E-state index < -0.39 is 23.3 Å². The molecule has 0 fully saturated rings. The predicted octanol–water partition coefficient (Wildman–Crippen LogP) is 4.18. The van der Waals surface area contributed by atoms with Crippen LogP contribution in [0.3, 0.4) is 0 Å². The van der Waals surface area contributed by atoms with Crippen molar-refractivity contribution in [1.29, 1.82) is 0 Å². The third-order valence-electron chi connectivity index (χ3n) is 3.47. The molecule has 0 heterocycles. The van der Waals surface area contributed by atoms with Gasteiger partial charge in [0.2, 0.25) is 5.78 Å². The molecule has 2 rings (SSSR count). The fourth-order valence-electron chi connectivity index (χ4n) is 2.11. The number of benzene rings is 2. The van der Waals surface area contributed by atoms with Gasteiger partial charge in [0, 0.05) is 32.8 Å². The molecule has 0 aliphatic carbocycles. The number of esters is 1. The van der Waals surface area contributed by atoms with E-state index in [1.807, 2.05) is 0 Å². The smallest absolute Gasteiger partial charge is 0.310 e. The molecular weight excluding hydrogens is 369 g/mol. The van der Waals surface area contributed by atoms with Gasteiger partial charge in [0.15, 0.2) is 6.61 Å². The van der Waals surface area contributed by atoms with Crippen molar-refractivity contribution < 1.29 is 19.2 Å². The molecule has 130 valence electrons. The van der Waals surface area contributed by atoms with Crippen LogP contribution < -0.4 is 0 Å². The van der Waals surface area contributed by atoms with E-state index in [4.69, 9.17) is 27.9 Å². The number of rotatable bonds is 6. The number of ketones is 1. The van der Waals surface area contributed by atoms with Crippen molar-refractivity contribution >= 4 is 40.6 Å². The Morgan fingerprint density at radius 2 is 1.80 bits per heavy atom. The summed E-state index contributed by atoms with van der Waals surface area (Å²) in [5.41, 5.74) is 0.780. The minimum Gasteiger partial charge on any atom is -0.457 e. The molecule has 0 saturated carbocycles. The van der Waals surface area contributed by atoms with Crippen molar-refractivity contribution in [2.24, 2.45) is 0 Å². The molecule has 0 saturated heterocycles. The second-order valence-electron chi connectivity index (χ2n) is 5.22. The van der Waals surface area contributed by atoms with Gasteiger partial charge < -0.3 is 4.74 Å². The number of hydrogen-bond donors (Lipinski definition) is 0. The SMILES string of the molecule is Cc1ccc(C(=O)COC(=O)Cc2c(Cl)cccc2Cl)cc1[N+](=O)[O-]. The second-order valence-corrected chi connectivity index (χ2v) is 6.03. The van der Waals surface area contributed by atoms with E-state index in [0.29, 0.717) is 21.2 Å². The minimum atomic E-state index is -0.676. The molecule has 0 aliphatic heterocycles. The third kappa shape index (κ3) is 4.78. The number of hydrogen-bond acceptors (Lipinski definition) is 5. The molecule has 0 aromatic heterocycles. The van der Waals surface area contributed by atoms with Crippen molar-refractivity contribution in [3.63, 3.8) is 0 Å². The van der Waals surface area contributed by atoms with Crippen molar-refractivity contribution in [1.82, 2.24) is 0 Å². The molecule has 25 heavy (non-hydrogen) atoms. The zero-order valence-corrected chi connectivity index (χ0v) is 14.6. The van der Waals surface area contributed by atoms with Crippen LogP contribution in [0.2, 0.25) is 10.0 Å². The summed E-state index contributed by atoms with van der Waals surface area (Å²) in [6, 6.07) is 8.91. The summed E-state index contributed by atoms with van der Waals surface area (Å²) in [5.74, 6) is -1.22. The first kappa shape index (κ1) is 18.9. The van der Waals surface area contributed by atoms with Gasteiger partial charge >= 0.3 is 5.97 Å². The minimum absolute atomic E-state index is 0.0980. The van der Waals surface area contributed by atoms with Crippen LogP contribution in [0.15, 0.2) is 36.4 Å². The van der Waals surface area contributed by atoms with Crippen LogP contribution in [0, 0.1) is 17.0 Å². The molecule has 0 unspecified atom stereocenters. The summed E-state index contributed by atoms with van der Waals surface area (Å²) in [7, 11) is 0. The Hall–Kier alpha value is -2.44. The quantitative estimate of drug-likeness (QED) is 0.324. The lowest BCUT2D eigenvalue weighted by Gasteiger charge is -2.08. The monoisotopic (exact) mass is 381 g/mol. The van der Waals surface area contributed by atoms with E-state index in [0.717, 1.165) is 6.07 Å². The van der Waals surface area contributed by atoms with Crippen LogP contribution in [0.25, 0.3) is 0 Å². The van der Waals surface area contributed by atoms with Gasteiger partial charge in [-0.3, -0.25) is 19.7 Å².